The van der Waals surface area contributed by atoms with Crippen LogP contribution in [0.1, 0.15) is 10.4 Å². The molecule has 1 aromatic heterocycles. The maximum absolute atomic E-state index is 13.0. The Kier molecular flexibility index (Phi) is 3.74. The molecule has 4 nitrogen and oxygen atoms in total. The molecule has 1 heterocycles. The second kappa shape index (κ2) is 6.20. The molecule has 2 N–H and O–H groups in total. The van der Waals surface area contributed by atoms with Gasteiger partial charge in [-0.2, -0.15) is 5.10 Å². The summed E-state index contributed by atoms with van der Waals surface area (Å²) in [5.74, 6) is -0.269. The van der Waals surface area contributed by atoms with Gasteiger partial charge < -0.3 is 5.32 Å². The Balaban J connectivity index is 1.68. The SMILES string of the molecule is O=C(Nc1n[nH]c2ccc(-c3ccccc3)cc12)c1ccc(F)cc1. The summed E-state index contributed by atoms with van der Waals surface area (Å²) >= 11 is 0. The van der Waals surface area contributed by atoms with Crippen molar-refractivity contribution in [3.8, 4) is 11.1 Å². The zero-order chi connectivity index (χ0) is 17.2. The van der Waals surface area contributed by atoms with Crippen molar-refractivity contribution in [3.05, 3.63) is 84.2 Å². The summed E-state index contributed by atoms with van der Waals surface area (Å²) < 4.78 is 13.0. The minimum atomic E-state index is -0.380. The Morgan fingerprint density at radius 3 is 2.44 bits per heavy atom. The molecule has 0 spiro atoms. The lowest BCUT2D eigenvalue weighted by atomic mass is 10.0. The quantitative estimate of drug-likeness (QED) is 0.575. The average Bonchev–Trinajstić information content (AvgIpc) is 3.05. The Morgan fingerprint density at radius 2 is 1.68 bits per heavy atom. The van der Waals surface area contributed by atoms with Gasteiger partial charge in [0.2, 0.25) is 0 Å². The van der Waals surface area contributed by atoms with Gasteiger partial charge in [0.1, 0.15) is 5.82 Å². The number of fused-ring (bicyclic) bond motifs is 1. The summed E-state index contributed by atoms with van der Waals surface area (Å²) in [7, 11) is 0. The first-order valence-corrected chi connectivity index (χ1v) is 7.81. The number of aromatic nitrogens is 2. The maximum atomic E-state index is 13.0. The zero-order valence-corrected chi connectivity index (χ0v) is 13.2. The third-order valence-electron chi connectivity index (χ3n) is 4.01. The molecule has 4 rings (SSSR count). The first-order valence-electron chi connectivity index (χ1n) is 7.81. The minimum absolute atomic E-state index is 0.335. The van der Waals surface area contributed by atoms with Crippen LogP contribution in [0.5, 0.6) is 0 Å². The Morgan fingerprint density at radius 1 is 0.920 bits per heavy atom. The molecule has 25 heavy (non-hydrogen) atoms. The molecule has 0 saturated carbocycles. The van der Waals surface area contributed by atoms with E-state index in [-0.39, 0.29) is 11.7 Å². The Bertz CT molecular complexity index is 1040. The van der Waals surface area contributed by atoms with E-state index in [1.54, 1.807) is 0 Å². The highest BCUT2D eigenvalue weighted by molar-refractivity contribution is 6.08. The predicted molar refractivity (Wildman–Crippen MR) is 95.9 cm³/mol. The second-order valence-corrected chi connectivity index (χ2v) is 5.66. The highest BCUT2D eigenvalue weighted by atomic mass is 19.1. The number of nitrogens with one attached hydrogen (secondary N) is 2. The van der Waals surface area contributed by atoms with Crippen LogP contribution in [0.2, 0.25) is 0 Å². The number of halogens is 1. The van der Waals surface area contributed by atoms with E-state index in [1.165, 1.54) is 24.3 Å². The van der Waals surface area contributed by atoms with Crippen LogP contribution in [0.25, 0.3) is 22.0 Å². The fraction of sp³-hybridized carbons (Fsp3) is 0. The number of nitrogens with zero attached hydrogens (tertiary/aromatic N) is 1. The lowest BCUT2D eigenvalue weighted by Crippen LogP contribution is -2.12. The van der Waals surface area contributed by atoms with Gasteiger partial charge in [-0.15, -0.1) is 0 Å². The monoisotopic (exact) mass is 331 g/mol. The van der Waals surface area contributed by atoms with Crippen LogP contribution in [-0.2, 0) is 0 Å². The van der Waals surface area contributed by atoms with Crippen molar-refractivity contribution in [1.82, 2.24) is 10.2 Å². The summed E-state index contributed by atoms with van der Waals surface area (Å²) in [6.07, 6.45) is 0. The predicted octanol–water partition coefficient (Wildman–Crippen LogP) is 4.62. The number of hydrogen-bond donors (Lipinski definition) is 2. The van der Waals surface area contributed by atoms with Gasteiger partial charge in [-0.05, 0) is 47.5 Å². The van der Waals surface area contributed by atoms with Gasteiger partial charge in [-0.3, -0.25) is 9.89 Å². The molecule has 4 aromatic rings. The van der Waals surface area contributed by atoms with Gasteiger partial charge in [-0.1, -0.05) is 36.4 Å². The lowest BCUT2D eigenvalue weighted by Gasteiger charge is -2.04. The molecule has 3 aromatic carbocycles. The van der Waals surface area contributed by atoms with E-state index in [4.69, 9.17) is 0 Å². The van der Waals surface area contributed by atoms with Crippen molar-refractivity contribution in [1.29, 1.82) is 0 Å². The topological polar surface area (TPSA) is 57.8 Å². The van der Waals surface area contributed by atoms with E-state index < -0.39 is 0 Å². The van der Waals surface area contributed by atoms with Crippen LogP contribution in [0.4, 0.5) is 10.2 Å². The standard InChI is InChI=1S/C20H14FN3O/c21-16-9-6-14(7-10-16)20(25)22-19-17-12-15(8-11-18(17)23-24-19)13-4-2-1-3-5-13/h1-12H,(H2,22,23,24,25). The smallest absolute Gasteiger partial charge is 0.256 e. The van der Waals surface area contributed by atoms with Crippen molar-refractivity contribution >= 4 is 22.6 Å². The molecule has 1 amide bonds. The number of aromatic amines is 1. The third kappa shape index (κ3) is 2.99. The van der Waals surface area contributed by atoms with Gasteiger partial charge in [0.25, 0.3) is 5.91 Å². The van der Waals surface area contributed by atoms with Crippen LogP contribution >= 0.6 is 0 Å². The van der Waals surface area contributed by atoms with E-state index in [1.807, 2.05) is 48.5 Å². The normalized spacial score (nSPS) is 10.8. The molecule has 0 atom stereocenters. The molecular weight excluding hydrogens is 317 g/mol. The molecule has 0 unspecified atom stereocenters. The summed E-state index contributed by atoms with van der Waals surface area (Å²) in [4.78, 5) is 12.3. The van der Waals surface area contributed by atoms with E-state index >= 15 is 0 Å². The van der Waals surface area contributed by atoms with Crippen LogP contribution in [0.3, 0.4) is 0 Å². The van der Waals surface area contributed by atoms with Crippen molar-refractivity contribution < 1.29 is 9.18 Å². The van der Waals surface area contributed by atoms with Gasteiger partial charge >= 0.3 is 0 Å². The average molecular weight is 331 g/mol. The number of anilines is 1. The molecule has 0 bridgehead atoms. The molecular formula is C20H14FN3O. The molecule has 122 valence electrons. The Labute approximate surface area is 143 Å². The lowest BCUT2D eigenvalue weighted by molar-refractivity contribution is 0.102. The van der Waals surface area contributed by atoms with Gasteiger partial charge in [0.15, 0.2) is 5.82 Å². The van der Waals surface area contributed by atoms with Crippen molar-refractivity contribution in [2.24, 2.45) is 0 Å². The number of rotatable bonds is 3. The number of hydrogen-bond acceptors (Lipinski definition) is 2. The number of benzene rings is 3. The Hall–Kier alpha value is -3.47. The third-order valence-corrected chi connectivity index (χ3v) is 4.01. The molecule has 0 fully saturated rings. The number of amides is 1. The van der Waals surface area contributed by atoms with Crippen molar-refractivity contribution in [2.45, 2.75) is 0 Å². The first kappa shape index (κ1) is 15.1. The molecule has 0 aliphatic rings. The van der Waals surface area contributed by atoms with Crippen LogP contribution in [0, 0.1) is 5.82 Å². The number of carbonyl (C=O) groups excluding carboxylic acids is 1. The second-order valence-electron chi connectivity index (χ2n) is 5.66. The largest absolute Gasteiger partial charge is 0.305 e. The molecule has 0 aliphatic carbocycles. The summed E-state index contributed by atoms with van der Waals surface area (Å²) in [5, 5.41) is 10.7. The maximum Gasteiger partial charge on any atom is 0.256 e. The number of carbonyl (C=O) groups is 1. The first-order chi connectivity index (χ1) is 12.2. The van der Waals surface area contributed by atoms with Gasteiger partial charge in [0, 0.05) is 10.9 Å². The fourth-order valence-electron chi connectivity index (χ4n) is 2.70. The fourth-order valence-corrected chi connectivity index (χ4v) is 2.70. The summed E-state index contributed by atoms with van der Waals surface area (Å²) in [6.45, 7) is 0. The summed E-state index contributed by atoms with van der Waals surface area (Å²) in [6, 6.07) is 21.3. The van der Waals surface area contributed by atoms with E-state index in [9.17, 15) is 9.18 Å². The van der Waals surface area contributed by atoms with Crippen molar-refractivity contribution in [3.63, 3.8) is 0 Å². The van der Waals surface area contributed by atoms with Gasteiger partial charge in [-0.25, -0.2) is 4.39 Å². The minimum Gasteiger partial charge on any atom is -0.305 e. The van der Waals surface area contributed by atoms with Crippen LogP contribution in [-0.4, -0.2) is 16.1 Å². The van der Waals surface area contributed by atoms with Crippen LogP contribution < -0.4 is 5.32 Å². The summed E-state index contributed by atoms with van der Waals surface area (Å²) in [5.41, 5.74) is 3.32. The van der Waals surface area contributed by atoms with E-state index in [0.29, 0.717) is 11.4 Å². The van der Waals surface area contributed by atoms with Crippen molar-refractivity contribution in [2.75, 3.05) is 5.32 Å². The van der Waals surface area contributed by atoms with E-state index in [2.05, 4.69) is 15.5 Å². The van der Waals surface area contributed by atoms with Crippen LogP contribution in [0.15, 0.2) is 72.8 Å². The molecule has 0 radical (unpaired) electrons. The van der Waals surface area contributed by atoms with E-state index in [0.717, 1.165) is 22.0 Å². The highest BCUT2D eigenvalue weighted by Crippen LogP contribution is 2.27. The molecule has 0 saturated heterocycles. The highest BCUT2D eigenvalue weighted by Gasteiger charge is 2.12. The molecule has 0 aliphatic heterocycles. The van der Waals surface area contributed by atoms with Gasteiger partial charge in [0.05, 0.1) is 5.52 Å². The molecule has 5 heteroatoms. The zero-order valence-electron chi connectivity index (χ0n) is 13.2. The number of H-pyrrole nitrogens is 1.